The summed E-state index contributed by atoms with van der Waals surface area (Å²) < 4.78 is 13.7. The van der Waals surface area contributed by atoms with Gasteiger partial charge in [-0.3, -0.25) is 9.48 Å². The van der Waals surface area contributed by atoms with Crippen molar-refractivity contribution in [1.82, 2.24) is 24.6 Å². The maximum Gasteiger partial charge on any atom is 0.248 e. The number of aromatic nitrogens is 4. The van der Waals surface area contributed by atoms with Crippen molar-refractivity contribution >= 4 is 16.9 Å². The van der Waals surface area contributed by atoms with Crippen molar-refractivity contribution in [3.63, 3.8) is 0 Å². The van der Waals surface area contributed by atoms with Crippen LogP contribution in [-0.4, -0.2) is 43.6 Å². The standard InChI is InChI=1S/C23H19N5O3/c1-2-21(29)27-13-16(14-27)28-22-20(12-26-28)24-15-25-23(22)31-19-10-8-18(9-11-19)30-17-6-4-3-5-7-17/h2-12,15-16H,1,13-14H2. The summed E-state index contributed by atoms with van der Waals surface area (Å²) in [4.78, 5) is 22.1. The zero-order chi connectivity index (χ0) is 21.2. The first-order chi connectivity index (χ1) is 15.2. The van der Waals surface area contributed by atoms with E-state index in [0.29, 0.717) is 41.5 Å². The van der Waals surface area contributed by atoms with Gasteiger partial charge in [-0.05, 0) is 42.5 Å². The number of rotatable bonds is 6. The van der Waals surface area contributed by atoms with Crippen LogP contribution in [0.4, 0.5) is 0 Å². The highest BCUT2D eigenvalue weighted by Crippen LogP contribution is 2.32. The molecule has 1 aliphatic rings. The Hall–Kier alpha value is -4.20. The van der Waals surface area contributed by atoms with E-state index >= 15 is 0 Å². The van der Waals surface area contributed by atoms with Crippen LogP contribution in [0.3, 0.4) is 0 Å². The van der Waals surface area contributed by atoms with E-state index in [1.807, 2.05) is 59.3 Å². The lowest BCUT2D eigenvalue weighted by atomic mass is 10.1. The van der Waals surface area contributed by atoms with Crippen LogP contribution >= 0.6 is 0 Å². The molecule has 5 rings (SSSR count). The largest absolute Gasteiger partial charge is 0.457 e. The molecule has 1 saturated heterocycles. The first-order valence-electron chi connectivity index (χ1n) is 9.81. The number of nitrogens with zero attached hydrogens (tertiary/aromatic N) is 5. The highest BCUT2D eigenvalue weighted by molar-refractivity contribution is 5.87. The van der Waals surface area contributed by atoms with Crippen LogP contribution in [0.25, 0.3) is 11.0 Å². The molecule has 8 heteroatoms. The molecule has 2 aromatic carbocycles. The molecule has 0 saturated carbocycles. The molecule has 1 fully saturated rings. The van der Waals surface area contributed by atoms with E-state index in [4.69, 9.17) is 9.47 Å². The molecule has 0 atom stereocenters. The maximum absolute atomic E-state index is 11.7. The van der Waals surface area contributed by atoms with Crippen molar-refractivity contribution in [2.75, 3.05) is 13.1 Å². The van der Waals surface area contributed by atoms with Crippen LogP contribution in [0, 0.1) is 0 Å². The van der Waals surface area contributed by atoms with Crippen LogP contribution < -0.4 is 9.47 Å². The van der Waals surface area contributed by atoms with Gasteiger partial charge in [0.2, 0.25) is 11.8 Å². The zero-order valence-corrected chi connectivity index (χ0v) is 16.6. The number of amides is 1. The SMILES string of the molecule is C=CC(=O)N1CC(n2ncc3ncnc(Oc4ccc(Oc5ccccc5)cc4)c32)C1. The first kappa shape index (κ1) is 18.8. The Balaban J connectivity index is 1.35. The van der Waals surface area contributed by atoms with Crippen LogP contribution in [0.2, 0.25) is 0 Å². The van der Waals surface area contributed by atoms with Gasteiger partial charge in [0.05, 0.1) is 12.2 Å². The fourth-order valence-electron chi connectivity index (χ4n) is 3.44. The zero-order valence-electron chi connectivity index (χ0n) is 16.6. The van der Waals surface area contributed by atoms with E-state index in [1.165, 1.54) is 12.4 Å². The number of likely N-dealkylation sites (tertiary alicyclic amines) is 1. The van der Waals surface area contributed by atoms with Crippen molar-refractivity contribution < 1.29 is 14.3 Å². The molecule has 154 valence electrons. The lowest BCUT2D eigenvalue weighted by Gasteiger charge is -2.38. The Labute approximate surface area is 178 Å². The third kappa shape index (κ3) is 3.71. The number of para-hydroxylation sites is 1. The second kappa shape index (κ2) is 7.91. The van der Waals surface area contributed by atoms with Gasteiger partial charge in [-0.25, -0.2) is 4.98 Å². The third-order valence-corrected chi connectivity index (χ3v) is 5.06. The summed E-state index contributed by atoms with van der Waals surface area (Å²) in [6, 6.07) is 16.9. The van der Waals surface area contributed by atoms with E-state index in [9.17, 15) is 4.79 Å². The summed E-state index contributed by atoms with van der Waals surface area (Å²) in [6.07, 6.45) is 4.45. The Morgan fingerprint density at radius 1 is 0.968 bits per heavy atom. The highest BCUT2D eigenvalue weighted by Gasteiger charge is 2.33. The van der Waals surface area contributed by atoms with Gasteiger partial charge in [0.1, 0.15) is 34.6 Å². The van der Waals surface area contributed by atoms with Crippen LogP contribution in [0.5, 0.6) is 23.1 Å². The van der Waals surface area contributed by atoms with Crippen molar-refractivity contribution in [2.24, 2.45) is 0 Å². The predicted molar refractivity (Wildman–Crippen MR) is 114 cm³/mol. The first-order valence-corrected chi connectivity index (χ1v) is 9.81. The van der Waals surface area contributed by atoms with Crippen molar-refractivity contribution in [3.05, 3.63) is 79.8 Å². The number of hydrogen-bond donors (Lipinski definition) is 0. The topological polar surface area (TPSA) is 82.4 Å². The summed E-state index contributed by atoms with van der Waals surface area (Å²) in [5.74, 6) is 2.41. The van der Waals surface area contributed by atoms with Crippen molar-refractivity contribution in [1.29, 1.82) is 0 Å². The van der Waals surface area contributed by atoms with E-state index < -0.39 is 0 Å². The van der Waals surface area contributed by atoms with Crippen LogP contribution in [-0.2, 0) is 4.79 Å². The molecule has 0 N–H and O–H groups in total. The van der Waals surface area contributed by atoms with Gasteiger partial charge >= 0.3 is 0 Å². The molecule has 0 spiro atoms. The minimum Gasteiger partial charge on any atom is -0.457 e. The van der Waals surface area contributed by atoms with Gasteiger partial charge in [0, 0.05) is 13.1 Å². The van der Waals surface area contributed by atoms with Crippen LogP contribution in [0.15, 0.2) is 79.8 Å². The average Bonchev–Trinajstić information content (AvgIpc) is 3.19. The van der Waals surface area contributed by atoms with E-state index in [0.717, 1.165) is 5.75 Å². The summed E-state index contributed by atoms with van der Waals surface area (Å²) in [5.41, 5.74) is 1.38. The molecule has 0 aliphatic carbocycles. The maximum atomic E-state index is 11.7. The molecule has 3 heterocycles. The normalized spacial score (nSPS) is 13.6. The number of carbonyl (C=O) groups is 1. The second-order valence-electron chi connectivity index (χ2n) is 7.09. The molecule has 1 aliphatic heterocycles. The molecule has 0 radical (unpaired) electrons. The summed E-state index contributed by atoms with van der Waals surface area (Å²) >= 11 is 0. The highest BCUT2D eigenvalue weighted by atomic mass is 16.5. The molecular formula is C23H19N5O3. The lowest BCUT2D eigenvalue weighted by molar-refractivity contribution is -0.131. The Morgan fingerprint density at radius 3 is 2.35 bits per heavy atom. The average molecular weight is 413 g/mol. The smallest absolute Gasteiger partial charge is 0.248 e. The Bertz CT molecular complexity index is 1230. The summed E-state index contributed by atoms with van der Waals surface area (Å²) in [7, 11) is 0. The number of benzene rings is 2. The molecule has 2 aromatic heterocycles. The Morgan fingerprint density at radius 2 is 1.65 bits per heavy atom. The summed E-state index contributed by atoms with van der Waals surface area (Å²) in [5, 5.41) is 4.45. The van der Waals surface area contributed by atoms with Gasteiger partial charge in [0.25, 0.3) is 0 Å². The Kier molecular flexibility index (Phi) is 4.80. The molecular weight excluding hydrogens is 394 g/mol. The summed E-state index contributed by atoms with van der Waals surface area (Å²) in [6.45, 7) is 4.64. The van der Waals surface area contributed by atoms with E-state index in [1.54, 1.807) is 11.1 Å². The third-order valence-electron chi connectivity index (χ3n) is 5.06. The fourth-order valence-corrected chi connectivity index (χ4v) is 3.44. The molecule has 4 aromatic rings. The van der Waals surface area contributed by atoms with Gasteiger partial charge < -0.3 is 14.4 Å². The monoisotopic (exact) mass is 413 g/mol. The van der Waals surface area contributed by atoms with E-state index in [-0.39, 0.29) is 11.9 Å². The molecule has 0 bridgehead atoms. The molecule has 8 nitrogen and oxygen atoms in total. The van der Waals surface area contributed by atoms with Crippen molar-refractivity contribution in [3.8, 4) is 23.1 Å². The van der Waals surface area contributed by atoms with Gasteiger partial charge in [-0.2, -0.15) is 10.1 Å². The van der Waals surface area contributed by atoms with Crippen LogP contribution in [0.1, 0.15) is 6.04 Å². The minimum atomic E-state index is -0.0850. The molecule has 1 amide bonds. The number of carbonyl (C=O) groups excluding carboxylic acids is 1. The van der Waals surface area contributed by atoms with Gasteiger partial charge in [-0.1, -0.05) is 24.8 Å². The number of ether oxygens (including phenoxy) is 2. The predicted octanol–water partition coefficient (Wildman–Crippen LogP) is 3.98. The number of fused-ring (bicyclic) bond motifs is 1. The van der Waals surface area contributed by atoms with Gasteiger partial charge in [0.15, 0.2) is 0 Å². The fraction of sp³-hybridized carbons (Fsp3) is 0.130. The quantitative estimate of drug-likeness (QED) is 0.445. The lowest BCUT2D eigenvalue weighted by Crippen LogP contribution is -2.50. The van der Waals surface area contributed by atoms with Gasteiger partial charge in [-0.15, -0.1) is 0 Å². The molecule has 0 unspecified atom stereocenters. The van der Waals surface area contributed by atoms with Crippen molar-refractivity contribution in [2.45, 2.75) is 6.04 Å². The number of hydrogen-bond acceptors (Lipinski definition) is 6. The minimum absolute atomic E-state index is 0.0383. The molecule has 31 heavy (non-hydrogen) atoms. The van der Waals surface area contributed by atoms with E-state index in [2.05, 4.69) is 21.6 Å². The second-order valence-corrected chi connectivity index (χ2v) is 7.09.